The topological polar surface area (TPSA) is 28.4 Å². The van der Waals surface area contributed by atoms with E-state index in [-0.39, 0.29) is 0 Å². The van der Waals surface area contributed by atoms with E-state index in [9.17, 15) is 0 Å². The molecular formula is C15H20N2O. The van der Waals surface area contributed by atoms with Crippen molar-refractivity contribution in [2.75, 3.05) is 14.1 Å². The molecule has 0 saturated carbocycles. The lowest BCUT2D eigenvalue weighted by Gasteiger charge is -2.15. The zero-order valence-corrected chi connectivity index (χ0v) is 11.0. The van der Waals surface area contributed by atoms with Gasteiger partial charge < -0.3 is 9.73 Å². The van der Waals surface area contributed by atoms with Crippen LogP contribution in [0.25, 0.3) is 0 Å². The van der Waals surface area contributed by atoms with Crippen molar-refractivity contribution < 1.29 is 4.42 Å². The standard InChI is InChI=1S/C15H20N2O/c1-16-10-13-5-7-14(8-6-13)11-17(2)12-15-4-3-9-18-15/h3-9,16H,10-12H2,1-2H3. The van der Waals surface area contributed by atoms with Crippen molar-refractivity contribution >= 4 is 0 Å². The van der Waals surface area contributed by atoms with Crippen LogP contribution < -0.4 is 5.32 Å². The molecule has 0 amide bonds. The Hall–Kier alpha value is -1.58. The van der Waals surface area contributed by atoms with E-state index in [2.05, 4.69) is 41.5 Å². The molecule has 0 radical (unpaired) electrons. The molecule has 0 aliphatic rings. The number of nitrogens with zero attached hydrogens (tertiary/aromatic N) is 1. The van der Waals surface area contributed by atoms with E-state index >= 15 is 0 Å². The second-order valence-corrected chi connectivity index (χ2v) is 4.60. The number of hydrogen-bond donors (Lipinski definition) is 1. The molecule has 1 aromatic carbocycles. The molecule has 1 N–H and O–H groups in total. The molecule has 0 unspecified atom stereocenters. The third-order valence-corrected chi connectivity index (χ3v) is 2.86. The van der Waals surface area contributed by atoms with Gasteiger partial charge in [0.05, 0.1) is 12.8 Å². The third kappa shape index (κ3) is 3.72. The molecule has 2 aromatic rings. The summed E-state index contributed by atoms with van der Waals surface area (Å²) in [5.74, 6) is 1.00. The Morgan fingerprint density at radius 1 is 1.06 bits per heavy atom. The van der Waals surface area contributed by atoms with Crippen molar-refractivity contribution in [2.24, 2.45) is 0 Å². The van der Waals surface area contributed by atoms with Crippen molar-refractivity contribution in [3.8, 4) is 0 Å². The summed E-state index contributed by atoms with van der Waals surface area (Å²) in [6, 6.07) is 12.7. The van der Waals surface area contributed by atoms with Crippen LogP contribution in [0, 0.1) is 0 Å². The number of nitrogens with one attached hydrogen (secondary N) is 1. The minimum atomic E-state index is 0.839. The van der Waals surface area contributed by atoms with Gasteiger partial charge in [0.25, 0.3) is 0 Å². The Bertz CT molecular complexity index is 448. The van der Waals surface area contributed by atoms with Gasteiger partial charge in [-0.3, -0.25) is 4.90 Å². The van der Waals surface area contributed by atoms with Gasteiger partial charge in [-0.2, -0.15) is 0 Å². The molecule has 1 heterocycles. The van der Waals surface area contributed by atoms with E-state index in [0.717, 1.165) is 25.4 Å². The highest BCUT2D eigenvalue weighted by Gasteiger charge is 2.03. The predicted octanol–water partition coefficient (Wildman–Crippen LogP) is 2.63. The average Bonchev–Trinajstić information content (AvgIpc) is 2.84. The molecule has 96 valence electrons. The van der Waals surface area contributed by atoms with Crippen molar-refractivity contribution in [2.45, 2.75) is 19.6 Å². The number of rotatable bonds is 6. The Balaban J connectivity index is 1.88. The molecule has 0 aliphatic carbocycles. The summed E-state index contributed by atoms with van der Waals surface area (Å²) in [5.41, 5.74) is 2.64. The van der Waals surface area contributed by atoms with Gasteiger partial charge in [0.15, 0.2) is 0 Å². The predicted molar refractivity (Wildman–Crippen MR) is 73.1 cm³/mol. The van der Waals surface area contributed by atoms with Crippen molar-refractivity contribution in [3.05, 3.63) is 59.5 Å². The first-order valence-electron chi connectivity index (χ1n) is 6.21. The first-order chi connectivity index (χ1) is 8.78. The van der Waals surface area contributed by atoms with Crippen molar-refractivity contribution in [3.63, 3.8) is 0 Å². The maximum Gasteiger partial charge on any atom is 0.117 e. The van der Waals surface area contributed by atoms with Crippen LogP contribution in [0.5, 0.6) is 0 Å². The Morgan fingerprint density at radius 3 is 2.39 bits per heavy atom. The van der Waals surface area contributed by atoms with Gasteiger partial charge in [0, 0.05) is 13.1 Å². The summed E-state index contributed by atoms with van der Waals surface area (Å²) >= 11 is 0. The SMILES string of the molecule is CNCc1ccc(CN(C)Cc2ccco2)cc1. The van der Waals surface area contributed by atoms with Crippen LogP contribution in [0.4, 0.5) is 0 Å². The summed E-state index contributed by atoms with van der Waals surface area (Å²) in [5, 5.41) is 3.15. The van der Waals surface area contributed by atoms with E-state index < -0.39 is 0 Å². The molecular weight excluding hydrogens is 224 g/mol. The molecule has 18 heavy (non-hydrogen) atoms. The Kier molecular flexibility index (Phi) is 4.56. The van der Waals surface area contributed by atoms with Crippen molar-refractivity contribution in [1.82, 2.24) is 10.2 Å². The zero-order chi connectivity index (χ0) is 12.8. The highest BCUT2D eigenvalue weighted by atomic mass is 16.3. The molecule has 3 heteroatoms. The highest BCUT2D eigenvalue weighted by Crippen LogP contribution is 2.10. The normalized spacial score (nSPS) is 11.1. The van der Waals surface area contributed by atoms with E-state index in [4.69, 9.17) is 4.42 Å². The minimum absolute atomic E-state index is 0.839. The van der Waals surface area contributed by atoms with Crippen LogP contribution in [0.15, 0.2) is 47.1 Å². The Morgan fingerprint density at radius 2 is 1.78 bits per heavy atom. The fourth-order valence-corrected chi connectivity index (χ4v) is 2.00. The van der Waals surface area contributed by atoms with Gasteiger partial charge in [0.1, 0.15) is 5.76 Å². The first kappa shape index (κ1) is 12.9. The van der Waals surface area contributed by atoms with E-state index in [1.165, 1.54) is 11.1 Å². The molecule has 0 spiro atoms. The van der Waals surface area contributed by atoms with Gasteiger partial charge in [-0.1, -0.05) is 24.3 Å². The fraction of sp³-hybridized carbons (Fsp3) is 0.333. The van der Waals surface area contributed by atoms with Gasteiger partial charge in [-0.05, 0) is 37.4 Å². The van der Waals surface area contributed by atoms with Crippen LogP contribution in [0.3, 0.4) is 0 Å². The lowest BCUT2D eigenvalue weighted by molar-refractivity contribution is 0.288. The largest absolute Gasteiger partial charge is 0.468 e. The highest BCUT2D eigenvalue weighted by molar-refractivity contribution is 5.22. The second-order valence-electron chi connectivity index (χ2n) is 4.60. The molecule has 1 aromatic heterocycles. The number of hydrogen-bond acceptors (Lipinski definition) is 3. The summed E-state index contributed by atoms with van der Waals surface area (Å²) in [6.07, 6.45) is 1.72. The van der Waals surface area contributed by atoms with Gasteiger partial charge in [-0.25, -0.2) is 0 Å². The van der Waals surface area contributed by atoms with E-state index in [0.29, 0.717) is 0 Å². The molecule has 3 nitrogen and oxygen atoms in total. The summed E-state index contributed by atoms with van der Waals surface area (Å²) in [4.78, 5) is 2.24. The minimum Gasteiger partial charge on any atom is -0.468 e. The summed E-state index contributed by atoms with van der Waals surface area (Å²) in [6.45, 7) is 2.69. The van der Waals surface area contributed by atoms with Gasteiger partial charge >= 0.3 is 0 Å². The van der Waals surface area contributed by atoms with E-state index in [1.54, 1.807) is 6.26 Å². The van der Waals surface area contributed by atoms with Crippen molar-refractivity contribution in [1.29, 1.82) is 0 Å². The zero-order valence-electron chi connectivity index (χ0n) is 11.0. The molecule has 0 aliphatic heterocycles. The lowest BCUT2D eigenvalue weighted by atomic mass is 10.1. The van der Waals surface area contributed by atoms with E-state index in [1.807, 2.05) is 19.2 Å². The fourth-order valence-electron chi connectivity index (χ4n) is 2.00. The second kappa shape index (κ2) is 6.38. The lowest BCUT2D eigenvalue weighted by Crippen LogP contribution is -2.16. The quantitative estimate of drug-likeness (QED) is 0.846. The smallest absolute Gasteiger partial charge is 0.117 e. The van der Waals surface area contributed by atoms with Crippen LogP contribution in [0.1, 0.15) is 16.9 Å². The van der Waals surface area contributed by atoms with Gasteiger partial charge in [0.2, 0.25) is 0 Å². The molecule has 0 fully saturated rings. The van der Waals surface area contributed by atoms with Crippen LogP contribution in [0.2, 0.25) is 0 Å². The number of furan rings is 1. The maximum absolute atomic E-state index is 5.34. The average molecular weight is 244 g/mol. The first-order valence-corrected chi connectivity index (χ1v) is 6.21. The van der Waals surface area contributed by atoms with Crippen LogP contribution in [-0.2, 0) is 19.6 Å². The summed E-state index contributed by atoms with van der Waals surface area (Å²) in [7, 11) is 4.06. The van der Waals surface area contributed by atoms with Gasteiger partial charge in [-0.15, -0.1) is 0 Å². The molecule has 0 saturated heterocycles. The summed E-state index contributed by atoms with van der Waals surface area (Å²) < 4.78 is 5.34. The molecule has 0 atom stereocenters. The molecule has 0 bridgehead atoms. The molecule has 2 rings (SSSR count). The van der Waals surface area contributed by atoms with Crippen LogP contribution >= 0.6 is 0 Å². The van der Waals surface area contributed by atoms with Crippen LogP contribution in [-0.4, -0.2) is 19.0 Å². The maximum atomic E-state index is 5.34. The third-order valence-electron chi connectivity index (χ3n) is 2.86. The monoisotopic (exact) mass is 244 g/mol. The number of benzene rings is 1. The Labute approximate surface area is 108 Å².